The zero-order valence-corrected chi connectivity index (χ0v) is 12.6. The number of nitrogens with zero attached hydrogens (tertiary/aromatic N) is 1. The molecule has 116 valence electrons. The number of aryl methyl sites for hydroxylation is 1. The molecule has 23 heavy (non-hydrogen) atoms. The second-order valence-corrected chi connectivity index (χ2v) is 5.36. The zero-order valence-electron chi connectivity index (χ0n) is 11.8. The maximum Gasteiger partial charge on any atom is 0.347 e. The number of fused-ring (bicyclic) bond motifs is 1. The minimum atomic E-state index is -0.620. The number of carbonyl (C=O) groups is 1. The molecule has 0 spiro atoms. The van der Waals surface area contributed by atoms with Gasteiger partial charge in [0, 0.05) is 23.4 Å². The van der Waals surface area contributed by atoms with Gasteiger partial charge in [-0.2, -0.15) is 0 Å². The molecule has 7 nitrogen and oxygen atoms in total. The largest absolute Gasteiger partial charge is 0.872 e. The number of rotatable bonds is 2. The molecule has 0 saturated heterocycles. The van der Waals surface area contributed by atoms with E-state index in [0.717, 1.165) is 23.9 Å². The molecular weight excluding hydrogens is 320 g/mol. The van der Waals surface area contributed by atoms with E-state index in [-0.39, 0.29) is 27.2 Å². The number of pyridine rings is 1. The van der Waals surface area contributed by atoms with Gasteiger partial charge in [0.15, 0.2) is 0 Å². The summed E-state index contributed by atoms with van der Waals surface area (Å²) in [5.41, 5.74) is 1.24. The number of cyclic esters (lactones) is 1. The fourth-order valence-electron chi connectivity index (χ4n) is 2.30. The molecular formula is C15H9N2O5S-. The molecule has 0 aliphatic carbocycles. The number of benzene rings is 1. The first kappa shape index (κ1) is 14.9. The van der Waals surface area contributed by atoms with Crippen LogP contribution in [0.15, 0.2) is 24.3 Å². The van der Waals surface area contributed by atoms with Crippen LogP contribution in [0.25, 0.3) is 11.8 Å². The summed E-state index contributed by atoms with van der Waals surface area (Å²) in [6.45, 7) is 1.77. The van der Waals surface area contributed by atoms with Gasteiger partial charge in [-0.3, -0.25) is 10.1 Å². The normalized spacial score (nSPS) is 14.7. The number of esters is 1. The summed E-state index contributed by atoms with van der Waals surface area (Å²) < 4.78 is 5.40. The number of nitro benzene ring substituents is 1. The Morgan fingerprint density at radius 3 is 2.78 bits per heavy atom. The Bertz CT molecular complexity index is 945. The van der Waals surface area contributed by atoms with Gasteiger partial charge in [0.2, 0.25) is 0 Å². The Balaban J connectivity index is 2.17. The Morgan fingerprint density at radius 2 is 2.09 bits per heavy atom. The second-order valence-electron chi connectivity index (χ2n) is 4.95. The van der Waals surface area contributed by atoms with Gasteiger partial charge in [-0.1, -0.05) is 18.3 Å². The molecule has 0 saturated carbocycles. The Labute approximate surface area is 135 Å². The summed E-state index contributed by atoms with van der Waals surface area (Å²) in [6.07, 6.45) is 1.31. The summed E-state index contributed by atoms with van der Waals surface area (Å²) in [4.78, 5) is 25.0. The maximum absolute atomic E-state index is 11.9. The quantitative estimate of drug-likeness (QED) is 0.393. The van der Waals surface area contributed by atoms with Crippen molar-refractivity contribution in [1.29, 1.82) is 0 Å². The van der Waals surface area contributed by atoms with Gasteiger partial charge >= 0.3 is 5.97 Å². The number of hydrogen-bond acceptors (Lipinski definition) is 6. The van der Waals surface area contributed by atoms with Gasteiger partial charge in [-0.25, -0.2) is 4.79 Å². The third-order valence-corrected chi connectivity index (χ3v) is 3.64. The molecule has 8 heteroatoms. The lowest BCUT2D eigenvalue weighted by Crippen LogP contribution is -1.97. The fourth-order valence-corrected chi connectivity index (χ4v) is 2.66. The molecule has 3 rings (SSSR count). The van der Waals surface area contributed by atoms with E-state index in [9.17, 15) is 20.0 Å². The van der Waals surface area contributed by atoms with Gasteiger partial charge < -0.3 is 14.8 Å². The smallest absolute Gasteiger partial charge is 0.347 e. The standard InChI is InChI=1S/C15H10N2O5S/c1-7-4-10-12(22-15(19)13(10)14(23)16-7)6-8-5-9(17(20)21)2-3-11(8)18/h2-6,18H,1H3,(H,16,23)/p-1/b12-6-. The summed E-state index contributed by atoms with van der Waals surface area (Å²) in [7, 11) is 0. The highest BCUT2D eigenvalue weighted by Crippen LogP contribution is 2.34. The third-order valence-electron chi connectivity index (χ3n) is 3.33. The van der Waals surface area contributed by atoms with Crippen LogP contribution in [0.4, 0.5) is 5.69 Å². The van der Waals surface area contributed by atoms with Gasteiger partial charge in [-0.15, -0.1) is 5.75 Å². The second kappa shape index (κ2) is 5.33. The first-order valence-electron chi connectivity index (χ1n) is 6.50. The predicted molar refractivity (Wildman–Crippen MR) is 82.2 cm³/mol. The van der Waals surface area contributed by atoms with Crippen LogP contribution in [0.3, 0.4) is 0 Å². The zero-order chi connectivity index (χ0) is 16.7. The summed E-state index contributed by atoms with van der Waals surface area (Å²) in [6, 6.07) is 5.03. The van der Waals surface area contributed by atoms with E-state index in [2.05, 4.69) is 4.98 Å². The van der Waals surface area contributed by atoms with Crippen LogP contribution >= 0.6 is 12.2 Å². The number of nitrogens with one attached hydrogen (secondary N) is 1. The molecule has 0 fully saturated rings. The molecule has 1 N–H and O–H groups in total. The lowest BCUT2D eigenvalue weighted by molar-refractivity contribution is -0.385. The van der Waals surface area contributed by atoms with Crippen molar-refractivity contribution < 1.29 is 19.6 Å². The van der Waals surface area contributed by atoms with Crippen molar-refractivity contribution in [3.63, 3.8) is 0 Å². The monoisotopic (exact) mass is 329 g/mol. The van der Waals surface area contributed by atoms with E-state index in [1.165, 1.54) is 6.08 Å². The molecule has 2 aromatic rings. The Hall–Kier alpha value is -3.00. The van der Waals surface area contributed by atoms with Gasteiger partial charge in [-0.05, 0) is 24.6 Å². The predicted octanol–water partition coefficient (Wildman–Crippen LogP) is 2.70. The summed E-state index contributed by atoms with van der Waals surface area (Å²) in [5.74, 6) is -0.887. The lowest BCUT2D eigenvalue weighted by Gasteiger charge is -2.10. The maximum atomic E-state index is 11.9. The molecule has 1 aromatic heterocycles. The van der Waals surface area contributed by atoms with Crippen LogP contribution < -0.4 is 5.11 Å². The number of ether oxygens (including phenoxy) is 1. The van der Waals surface area contributed by atoms with Crippen molar-refractivity contribution in [2.75, 3.05) is 0 Å². The van der Waals surface area contributed by atoms with Crippen LogP contribution in [0.2, 0.25) is 0 Å². The van der Waals surface area contributed by atoms with Crippen LogP contribution in [0.1, 0.15) is 27.2 Å². The van der Waals surface area contributed by atoms with Crippen LogP contribution in [-0.2, 0) is 4.74 Å². The van der Waals surface area contributed by atoms with Gasteiger partial charge in [0.05, 0.1) is 4.92 Å². The highest BCUT2D eigenvalue weighted by atomic mass is 32.1. The van der Waals surface area contributed by atoms with E-state index in [4.69, 9.17) is 17.0 Å². The highest BCUT2D eigenvalue weighted by molar-refractivity contribution is 7.71. The number of hydrogen-bond donors (Lipinski definition) is 1. The number of H-pyrrole nitrogens is 1. The molecule has 1 aliphatic heterocycles. The molecule has 1 aromatic carbocycles. The van der Waals surface area contributed by atoms with Crippen molar-refractivity contribution in [3.05, 3.63) is 61.4 Å². The molecule has 0 unspecified atom stereocenters. The van der Waals surface area contributed by atoms with Crippen molar-refractivity contribution >= 4 is 35.7 Å². The number of aromatic amines is 1. The number of non-ortho nitro benzene ring substituents is 1. The van der Waals surface area contributed by atoms with E-state index in [0.29, 0.717) is 5.56 Å². The highest BCUT2D eigenvalue weighted by Gasteiger charge is 2.28. The minimum absolute atomic E-state index is 0.0613. The van der Waals surface area contributed by atoms with E-state index < -0.39 is 16.6 Å². The number of aromatic nitrogens is 1. The van der Waals surface area contributed by atoms with Crippen molar-refractivity contribution in [2.24, 2.45) is 0 Å². The SMILES string of the molecule is Cc1cc2c(c(=S)[nH]1)C(=O)O/C2=C\c1cc([N+](=O)[O-])ccc1[O-]. The Morgan fingerprint density at radius 1 is 1.35 bits per heavy atom. The molecule has 0 bridgehead atoms. The fraction of sp³-hybridized carbons (Fsp3) is 0.0667. The van der Waals surface area contributed by atoms with Gasteiger partial charge in [0.1, 0.15) is 16.0 Å². The number of nitro groups is 1. The lowest BCUT2D eigenvalue weighted by atomic mass is 10.1. The van der Waals surface area contributed by atoms with Gasteiger partial charge in [0.25, 0.3) is 5.69 Å². The third kappa shape index (κ3) is 2.59. The first-order valence-corrected chi connectivity index (χ1v) is 6.91. The van der Waals surface area contributed by atoms with Crippen molar-refractivity contribution in [3.8, 4) is 5.75 Å². The summed E-state index contributed by atoms with van der Waals surface area (Å²) in [5, 5.41) is 22.7. The van der Waals surface area contributed by atoms with E-state index >= 15 is 0 Å². The van der Waals surface area contributed by atoms with Crippen LogP contribution in [0, 0.1) is 21.7 Å². The Kier molecular flexibility index (Phi) is 3.45. The molecule has 1 aliphatic rings. The minimum Gasteiger partial charge on any atom is -0.872 e. The van der Waals surface area contributed by atoms with E-state index in [1.54, 1.807) is 13.0 Å². The first-order chi connectivity index (χ1) is 10.9. The molecule has 0 radical (unpaired) electrons. The summed E-state index contributed by atoms with van der Waals surface area (Å²) >= 11 is 5.11. The van der Waals surface area contributed by atoms with Crippen molar-refractivity contribution in [1.82, 2.24) is 4.98 Å². The van der Waals surface area contributed by atoms with Crippen LogP contribution in [-0.4, -0.2) is 15.9 Å². The number of carbonyl (C=O) groups excluding carboxylic acids is 1. The van der Waals surface area contributed by atoms with Crippen molar-refractivity contribution in [2.45, 2.75) is 6.92 Å². The molecule has 0 atom stereocenters. The average Bonchev–Trinajstić information content (AvgIpc) is 2.77. The average molecular weight is 329 g/mol. The van der Waals surface area contributed by atoms with E-state index in [1.807, 2.05) is 0 Å². The molecule has 2 heterocycles. The van der Waals surface area contributed by atoms with Crippen LogP contribution in [0.5, 0.6) is 5.75 Å². The molecule has 0 amide bonds. The topological polar surface area (TPSA) is 108 Å².